The molecule has 0 saturated carbocycles. The molecule has 0 aromatic heterocycles. The third kappa shape index (κ3) is 2.44. The molecule has 0 bridgehead atoms. The normalized spacial score (nSPS) is 26.5. The number of hydrogen-bond donors (Lipinski definition) is 2. The van der Waals surface area contributed by atoms with Crippen molar-refractivity contribution in [3.05, 3.63) is 28.8 Å². The van der Waals surface area contributed by atoms with Crippen LogP contribution in [0, 0.1) is 5.92 Å². The molecule has 3 heteroatoms. The minimum atomic E-state index is 0.269. The highest BCUT2D eigenvalue weighted by molar-refractivity contribution is 6.30. The van der Waals surface area contributed by atoms with Crippen molar-refractivity contribution in [3.63, 3.8) is 0 Å². The highest BCUT2D eigenvalue weighted by Gasteiger charge is 2.21. The monoisotopic (exact) mass is 225 g/mol. The van der Waals surface area contributed by atoms with Crippen LogP contribution in [0.4, 0.5) is 0 Å². The lowest BCUT2D eigenvalue weighted by atomic mass is 9.90. The van der Waals surface area contributed by atoms with Gasteiger partial charge in [-0.15, -0.1) is 0 Å². The topological polar surface area (TPSA) is 32.3 Å². The molecule has 0 amide bonds. The lowest BCUT2D eigenvalue weighted by molar-refractivity contribution is 0.318. The maximum absolute atomic E-state index is 9.81. The van der Waals surface area contributed by atoms with Gasteiger partial charge >= 0.3 is 0 Å². The van der Waals surface area contributed by atoms with Crippen LogP contribution in [0.3, 0.4) is 0 Å². The first-order valence-corrected chi connectivity index (χ1v) is 5.76. The lowest BCUT2D eigenvalue weighted by Gasteiger charge is -2.28. The number of phenols is 1. The molecule has 1 unspecified atom stereocenters. The van der Waals surface area contributed by atoms with Crippen LogP contribution in [0.1, 0.15) is 31.4 Å². The summed E-state index contributed by atoms with van der Waals surface area (Å²) in [7, 11) is 0. The molecule has 1 saturated heterocycles. The van der Waals surface area contributed by atoms with Crippen molar-refractivity contribution in [2.75, 3.05) is 6.54 Å². The zero-order valence-electron chi connectivity index (χ0n) is 8.83. The van der Waals surface area contributed by atoms with E-state index in [1.807, 2.05) is 12.1 Å². The van der Waals surface area contributed by atoms with Crippen molar-refractivity contribution < 1.29 is 5.11 Å². The Hall–Kier alpha value is -0.730. The van der Waals surface area contributed by atoms with E-state index in [0.29, 0.717) is 16.7 Å². The molecule has 2 N–H and O–H groups in total. The Kier molecular flexibility index (Phi) is 3.17. The number of phenolic OH excluding ortho intramolecular Hbond substituents is 1. The summed E-state index contributed by atoms with van der Waals surface area (Å²) in [5.41, 5.74) is 0.964. The fourth-order valence-electron chi connectivity index (χ4n) is 2.16. The Morgan fingerprint density at radius 3 is 2.93 bits per heavy atom. The van der Waals surface area contributed by atoms with Crippen molar-refractivity contribution in [1.82, 2.24) is 5.32 Å². The van der Waals surface area contributed by atoms with E-state index >= 15 is 0 Å². The molecule has 2 nitrogen and oxygen atoms in total. The van der Waals surface area contributed by atoms with Gasteiger partial charge in [-0.3, -0.25) is 0 Å². The first-order valence-electron chi connectivity index (χ1n) is 5.38. The van der Waals surface area contributed by atoms with Crippen LogP contribution in [-0.4, -0.2) is 11.7 Å². The van der Waals surface area contributed by atoms with Gasteiger partial charge in [-0.2, -0.15) is 0 Å². The van der Waals surface area contributed by atoms with Gasteiger partial charge in [0.05, 0.1) is 0 Å². The molecule has 0 radical (unpaired) electrons. The third-order valence-corrected chi connectivity index (χ3v) is 3.27. The van der Waals surface area contributed by atoms with Crippen LogP contribution in [-0.2, 0) is 0 Å². The molecule has 1 aliphatic rings. The second-order valence-electron chi connectivity index (χ2n) is 4.34. The van der Waals surface area contributed by atoms with Gasteiger partial charge in [0.15, 0.2) is 0 Å². The molecule has 1 aromatic rings. The summed E-state index contributed by atoms with van der Waals surface area (Å²) in [6.07, 6.45) is 2.29. The Morgan fingerprint density at radius 1 is 1.47 bits per heavy atom. The zero-order chi connectivity index (χ0) is 10.8. The largest absolute Gasteiger partial charge is 0.508 e. The van der Waals surface area contributed by atoms with E-state index in [4.69, 9.17) is 11.6 Å². The molecule has 1 heterocycles. The van der Waals surface area contributed by atoms with Crippen molar-refractivity contribution in [3.8, 4) is 5.75 Å². The van der Waals surface area contributed by atoms with Crippen LogP contribution < -0.4 is 5.32 Å². The molecular formula is C12H16ClNO. The zero-order valence-corrected chi connectivity index (χ0v) is 9.59. The lowest BCUT2D eigenvalue weighted by Crippen LogP contribution is -2.30. The van der Waals surface area contributed by atoms with Crippen LogP contribution in [0.25, 0.3) is 0 Å². The van der Waals surface area contributed by atoms with Crippen molar-refractivity contribution in [2.45, 2.75) is 25.8 Å². The van der Waals surface area contributed by atoms with Crippen LogP contribution >= 0.6 is 11.6 Å². The van der Waals surface area contributed by atoms with Gasteiger partial charge < -0.3 is 10.4 Å². The number of hydrogen-bond acceptors (Lipinski definition) is 2. The summed E-state index contributed by atoms with van der Waals surface area (Å²) in [6, 6.07) is 5.62. The Balaban J connectivity index is 2.21. The van der Waals surface area contributed by atoms with Crippen LogP contribution in [0.5, 0.6) is 5.75 Å². The smallest absolute Gasteiger partial charge is 0.121 e. The third-order valence-electron chi connectivity index (χ3n) is 3.03. The van der Waals surface area contributed by atoms with E-state index in [1.165, 1.54) is 6.42 Å². The molecule has 1 fully saturated rings. The van der Waals surface area contributed by atoms with E-state index in [0.717, 1.165) is 18.5 Å². The van der Waals surface area contributed by atoms with Gasteiger partial charge in [0.25, 0.3) is 0 Å². The number of rotatable bonds is 1. The number of benzene rings is 1. The van der Waals surface area contributed by atoms with Gasteiger partial charge in [0.1, 0.15) is 5.75 Å². The summed E-state index contributed by atoms with van der Waals surface area (Å²) in [4.78, 5) is 0. The van der Waals surface area contributed by atoms with E-state index < -0.39 is 0 Å². The van der Waals surface area contributed by atoms with E-state index in [9.17, 15) is 5.11 Å². The van der Waals surface area contributed by atoms with E-state index in [-0.39, 0.29) is 6.04 Å². The molecule has 15 heavy (non-hydrogen) atoms. The van der Waals surface area contributed by atoms with Gasteiger partial charge in [-0.25, -0.2) is 0 Å². The van der Waals surface area contributed by atoms with Crippen LogP contribution in [0.2, 0.25) is 5.02 Å². The first kappa shape index (κ1) is 10.8. The minimum Gasteiger partial charge on any atom is -0.508 e. The number of piperidine rings is 1. The molecule has 0 spiro atoms. The van der Waals surface area contributed by atoms with Crippen LogP contribution in [0.15, 0.2) is 18.2 Å². The van der Waals surface area contributed by atoms with E-state index in [2.05, 4.69) is 12.2 Å². The predicted octanol–water partition coefficient (Wildman–Crippen LogP) is 3.11. The fraction of sp³-hybridized carbons (Fsp3) is 0.500. The second kappa shape index (κ2) is 4.42. The Labute approximate surface area is 95.3 Å². The maximum atomic E-state index is 9.81. The molecule has 2 rings (SSSR count). The number of aromatic hydroxyl groups is 1. The highest BCUT2D eigenvalue weighted by atomic mass is 35.5. The average Bonchev–Trinajstić information content (AvgIpc) is 2.17. The van der Waals surface area contributed by atoms with Gasteiger partial charge in [-0.05, 0) is 37.4 Å². The second-order valence-corrected chi connectivity index (χ2v) is 4.78. The molecule has 1 aromatic carbocycles. The Morgan fingerprint density at radius 2 is 2.27 bits per heavy atom. The van der Waals surface area contributed by atoms with E-state index in [1.54, 1.807) is 6.07 Å². The van der Waals surface area contributed by atoms with Crippen molar-refractivity contribution in [2.24, 2.45) is 5.92 Å². The molecule has 0 aliphatic carbocycles. The number of nitrogens with one attached hydrogen (secondary N) is 1. The SMILES string of the molecule is C[C@H]1CCNC(c2ccc(Cl)cc2O)C1. The number of halogens is 1. The summed E-state index contributed by atoms with van der Waals surface area (Å²) < 4.78 is 0. The summed E-state index contributed by atoms with van der Waals surface area (Å²) >= 11 is 5.80. The molecule has 1 aliphatic heterocycles. The molecule has 2 atom stereocenters. The quantitative estimate of drug-likeness (QED) is 0.770. The molecule has 82 valence electrons. The summed E-state index contributed by atoms with van der Waals surface area (Å²) in [6.45, 7) is 3.27. The highest BCUT2D eigenvalue weighted by Crippen LogP contribution is 2.33. The minimum absolute atomic E-state index is 0.269. The van der Waals surface area contributed by atoms with Crippen molar-refractivity contribution >= 4 is 11.6 Å². The molecular weight excluding hydrogens is 210 g/mol. The first-order chi connectivity index (χ1) is 7.16. The maximum Gasteiger partial charge on any atom is 0.121 e. The van der Waals surface area contributed by atoms with Gasteiger partial charge in [0, 0.05) is 16.6 Å². The average molecular weight is 226 g/mol. The Bertz CT molecular complexity index is 353. The standard InChI is InChI=1S/C12H16ClNO/c1-8-4-5-14-11(6-8)10-3-2-9(13)7-12(10)15/h2-3,7-8,11,14-15H,4-6H2,1H3/t8-,11?/m0/s1. The summed E-state index contributed by atoms with van der Waals surface area (Å²) in [5.74, 6) is 1.01. The summed E-state index contributed by atoms with van der Waals surface area (Å²) in [5, 5.41) is 13.8. The predicted molar refractivity (Wildman–Crippen MR) is 62.3 cm³/mol. The fourth-order valence-corrected chi connectivity index (χ4v) is 2.32. The van der Waals surface area contributed by atoms with Crippen molar-refractivity contribution in [1.29, 1.82) is 0 Å². The van der Waals surface area contributed by atoms with Gasteiger partial charge in [-0.1, -0.05) is 24.6 Å². The van der Waals surface area contributed by atoms with Gasteiger partial charge in [0.2, 0.25) is 0 Å².